The number of carbonyl (C=O) groups is 1. The SMILES string of the molecule is Cc1ccc(CN(C)C(=O)c2ccc(S(=O)(=O)NCc3ccco3)cc2)c(C)c1. The number of nitrogens with zero attached hydrogens (tertiary/aromatic N) is 1. The van der Waals surface area contributed by atoms with Crippen LogP contribution in [0.2, 0.25) is 0 Å². The zero-order valence-electron chi connectivity index (χ0n) is 16.7. The lowest BCUT2D eigenvalue weighted by atomic mass is 10.1. The lowest BCUT2D eigenvalue weighted by Crippen LogP contribution is -2.27. The summed E-state index contributed by atoms with van der Waals surface area (Å²) in [6.45, 7) is 4.60. The number of rotatable bonds is 7. The molecule has 29 heavy (non-hydrogen) atoms. The van der Waals surface area contributed by atoms with Gasteiger partial charge in [0.15, 0.2) is 0 Å². The summed E-state index contributed by atoms with van der Waals surface area (Å²) in [4.78, 5) is 14.4. The summed E-state index contributed by atoms with van der Waals surface area (Å²) >= 11 is 0. The molecule has 7 heteroatoms. The summed E-state index contributed by atoms with van der Waals surface area (Å²) in [5.74, 6) is 0.353. The van der Waals surface area contributed by atoms with E-state index in [-0.39, 0.29) is 17.3 Å². The molecule has 6 nitrogen and oxygen atoms in total. The van der Waals surface area contributed by atoms with E-state index in [1.54, 1.807) is 24.1 Å². The summed E-state index contributed by atoms with van der Waals surface area (Å²) in [5, 5.41) is 0. The molecule has 152 valence electrons. The van der Waals surface area contributed by atoms with Crippen LogP contribution < -0.4 is 4.72 Å². The second kappa shape index (κ2) is 8.63. The van der Waals surface area contributed by atoms with Gasteiger partial charge in [0.25, 0.3) is 5.91 Å². The van der Waals surface area contributed by atoms with Gasteiger partial charge in [-0.1, -0.05) is 23.8 Å². The molecule has 3 rings (SSSR count). The number of hydrogen-bond donors (Lipinski definition) is 1. The molecule has 0 saturated heterocycles. The molecule has 3 aromatic rings. The molecule has 0 atom stereocenters. The van der Waals surface area contributed by atoms with Gasteiger partial charge in [-0.3, -0.25) is 4.79 Å². The van der Waals surface area contributed by atoms with Gasteiger partial charge in [0.2, 0.25) is 10.0 Å². The van der Waals surface area contributed by atoms with Crippen molar-refractivity contribution in [3.05, 3.63) is 88.9 Å². The van der Waals surface area contributed by atoms with E-state index < -0.39 is 10.0 Å². The Labute approximate surface area is 171 Å². The number of hydrogen-bond acceptors (Lipinski definition) is 4. The van der Waals surface area contributed by atoms with E-state index in [1.807, 2.05) is 26.0 Å². The third-order valence-electron chi connectivity index (χ3n) is 4.68. The molecule has 0 aliphatic heterocycles. The zero-order valence-corrected chi connectivity index (χ0v) is 17.5. The van der Waals surface area contributed by atoms with Crippen molar-refractivity contribution in [3.63, 3.8) is 0 Å². The Morgan fingerprint density at radius 1 is 1.07 bits per heavy atom. The number of sulfonamides is 1. The van der Waals surface area contributed by atoms with Crippen LogP contribution in [0.1, 0.15) is 32.8 Å². The molecule has 1 N–H and O–H groups in total. The maximum absolute atomic E-state index is 12.7. The van der Waals surface area contributed by atoms with E-state index in [0.717, 1.165) is 11.1 Å². The van der Waals surface area contributed by atoms with Crippen LogP contribution in [0, 0.1) is 13.8 Å². The van der Waals surface area contributed by atoms with E-state index in [9.17, 15) is 13.2 Å². The average Bonchev–Trinajstić information content (AvgIpc) is 3.22. The zero-order chi connectivity index (χ0) is 21.0. The topological polar surface area (TPSA) is 79.6 Å². The molecule has 1 aromatic heterocycles. The highest BCUT2D eigenvalue weighted by molar-refractivity contribution is 7.89. The molecule has 0 radical (unpaired) electrons. The summed E-state index contributed by atoms with van der Waals surface area (Å²) in [5.41, 5.74) is 3.82. The van der Waals surface area contributed by atoms with Crippen molar-refractivity contribution < 1.29 is 17.6 Å². The van der Waals surface area contributed by atoms with Crippen molar-refractivity contribution >= 4 is 15.9 Å². The summed E-state index contributed by atoms with van der Waals surface area (Å²) in [6, 6.07) is 15.4. The van der Waals surface area contributed by atoms with Gasteiger partial charge < -0.3 is 9.32 Å². The first-order chi connectivity index (χ1) is 13.8. The van der Waals surface area contributed by atoms with E-state index >= 15 is 0 Å². The Morgan fingerprint density at radius 2 is 1.79 bits per heavy atom. The quantitative estimate of drug-likeness (QED) is 0.642. The molecule has 1 heterocycles. The minimum absolute atomic E-state index is 0.0641. The largest absolute Gasteiger partial charge is 0.468 e. The first-order valence-electron chi connectivity index (χ1n) is 9.20. The van der Waals surface area contributed by atoms with Crippen LogP contribution in [0.25, 0.3) is 0 Å². The molecule has 2 aromatic carbocycles. The van der Waals surface area contributed by atoms with E-state index in [2.05, 4.69) is 10.8 Å². The Morgan fingerprint density at radius 3 is 2.41 bits per heavy atom. The highest BCUT2D eigenvalue weighted by Crippen LogP contribution is 2.16. The van der Waals surface area contributed by atoms with Crippen LogP contribution in [0.15, 0.2) is 70.2 Å². The van der Waals surface area contributed by atoms with Gasteiger partial charge in [0, 0.05) is 19.2 Å². The monoisotopic (exact) mass is 412 g/mol. The Hall–Kier alpha value is -2.90. The number of benzene rings is 2. The van der Waals surface area contributed by atoms with E-state index in [4.69, 9.17) is 4.42 Å². The summed E-state index contributed by atoms with van der Waals surface area (Å²) in [6.07, 6.45) is 1.48. The fourth-order valence-electron chi connectivity index (χ4n) is 3.01. The van der Waals surface area contributed by atoms with Crippen LogP contribution in [-0.2, 0) is 23.1 Å². The molecular formula is C22H24N2O4S. The second-order valence-corrected chi connectivity index (χ2v) is 8.79. The van der Waals surface area contributed by atoms with Crippen molar-refractivity contribution in [1.29, 1.82) is 0 Å². The number of furan rings is 1. The Bertz CT molecular complexity index is 1090. The standard InChI is InChI=1S/C22H24N2O4S/c1-16-6-7-19(17(2)13-16)15-24(3)22(25)18-8-10-21(11-9-18)29(26,27)23-14-20-5-4-12-28-20/h4-13,23H,14-15H2,1-3H3. The predicted molar refractivity (Wildman–Crippen MR) is 111 cm³/mol. The molecule has 0 saturated carbocycles. The second-order valence-electron chi connectivity index (χ2n) is 7.02. The molecule has 0 bridgehead atoms. The first-order valence-corrected chi connectivity index (χ1v) is 10.7. The summed E-state index contributed by atoms with van der Waals surface area (Å²) < 4.78 is 32.4. The normalized spacial score (nSPS) is 11.4. The minimum Gasteiger partial charge on any atom is -0.468 e. The van der Waals surface area contributed by atoms with E-state index in [0.29, 0.717) is 17.9 Å². The smallest absolute Gasteiger partial charge is 0.253 e. The fourth-order valence-corrected chi connectivity index (χ4v) is 4.00. The van der Waals surface area contributed by atoms with Crippen molar-refractivity contribution in [1.82, 2.24) is 9.62 Å². The predicted octanol–water partition coefficient (Wildman–Crippen LogP) is 3.65. The van der Waals surface area contributed by atoms with Gasteiger partial charge in [-0.2, -0.15) is 0 Å². The van der Waals surface area contributed by atoms with E-state index in [1.165, 1.54) is 36.1 Å². The van der Waals surface area contributed by atoms with Crippen LogP contribution in [0.3, 0.4) is 0 Å². The summed E-state index contributed by atoms with van der Waals surface area (Å²) in [7, 11) is -1.96. The minimum atomic E-state index is -3.69. The third-order valence-corrected chi connectivity index (χ3v) is 6.10. The third kappa shape index (κ3) is 5.13. The Balaban J connectivity index is 1.67. The number of nitrogens with one attached hydrogen (secondary N) is 1. The van der Waals surface area contributed by atoms with Crippen LogP contribution in [-0.4, -0.2) is 26.3 Å². The number of aryl methyl sites for hydroxylation is 2. The molecule has 0 fully saturated rings. The molecule has 0 aliphatic carbocycles. The number of amides is 1. The first kappa shape index (κ1) is 20.8. The van der Waals surface area contributed by atoms with Crippen LogP contribution >= 0.6 is 0 Å². The van der Waals surface area contributed by atoms with Gasteiger partial charge in [0.1, 0.15) is 5.76 Å². The highest BCUT2D eigenvalue weighted by atomic mass is 32.2. The lowest BCUT2D eigenvalue weighted by molar-refractivity contribution is 0.0785. The van der Waals surface area contributed by atoms with Crippen LogP contribution in [0.5, 0.6) is 0 Å². The van der Waals surface area contributed by atoms with Crippen molar-refractivity contribution in [3.8, 4) is 0 Å². The lowest BCUT2D eigenvalue weighted by Gasteiger charge is -2.19. The maximum Gasteiger partial charge on any atom is 0.253 e. The highest BCUT2D eigenvalue weighted by Gasteiger charge is 2.17. The van der Waals surface area contributed by atoms with Crippen molar-refractivity contribution in [2.75, 3.05) is 7.05 Å². The fraction of sp³-hybridized carbons (Fsp3) is 0.227. The van der Waals surface area contributed by atoms with Crippen molar-refractivity contribution in [2.24, 2.45) is 0 Å². The van der Waals surface area contributed by atoms with Crippen LogP contribution in [0.4, 0.5) is 0 Å². The molecular weight excluding hydrogens is 388 g/mol. The van der Waals surface area contributed by atoms with Gasteiger partial charge in [-0.25, -0.2) is 13.1 Å². The van der Waals surface area contributed by atoms with Gasteiger partial charge in [-0.05, 0) is 61.4 Å². The molecule has 0 aliphatic rings. The number of carbonyl (C=O) groups excluding carboxylic acids is 1. The Kier molecular flexibility index (Phi) is 6.20. The van der Waals surface area contributed by atoms with Gasteiger partial charge >= 0.3 is 0 Å². The van der Waals surface area contributed by atoms with Crippen molar-refractivity contribution in [2.45, 2.75) is 31.8 Å². The van der Waals surface area contributed by atoms with Gasteiger partial charge in [0.05, 0.1) is 17.7 Å². The van der Waals surface area contributed by atoms with Gasteiger partial charge in [-0.15, -0.1) is 0 Å². The molecule has 1 amide bonds. The molecule has 0 spiro atoms. The maximum atomic E-state index is 12.7. The average molecular weight is 413 g/mol. The molecule has 0 unspecified atom stereocenters.